The molecule has 32 heavy (non-hydrogen) atoms. The van der Waals surface area contributed by atoms with Gasteiger partial charge in [0.05, 0.1) is 19.1 Å². The third kappa shape index (κ3) is 4.18. The highest BCUT2D eigenvalue weighted by molar-refractivity contribution is 7.89. The van der Waals surface area contributed by atoms with Crippen LogP contribution in [0.3, 0.4) is 0 Å². The molecule has 2 aromatic heterocycles. The van der Waals surface area contributed by atoms with Crippen molar-refractivity contribution in [1.82, 2.24) is 24.1 Å². The molecule has 0 saturated carbocycles. The first-order valence-corrected chi connectivity index (χ1v) is 12.0. The van der Waals surface area contributed by atoms with Crippen LogP contribution >= 0.6 is 11.3 Å². The molecule has 0 atom stereocenters. The normalized spacial score (nSPS) is 11.9. The van der Waals surface area contributed by atoms with Crippen molar-refractivity contribution >= 4 is 26.3 Å². The highest BCUT2D eigenvalue weighted by Crippen LogP contribution is 2.34. The van der Waals surface area contributed by atoms with Crippen LogP contribution in [0.25, 0.3) is 4.96 Å². The number of ether oxygens (including phenoxy) is 2. The Morgan fingerprint density at radius 2 is 1.69 bits per heavy atom. The van der Waals surface area contributed by atoms with E-state index in [9.17, 15) is 8.42 Å². The number of benzene rings is 2. The molecule has 0 N–H and O–H groups in total. The molecule has 2 heterocycles. The van der Waals surface area contributed by atoms with Gasteiger partial charge < -0.3 is 9.47 Å². The Morgan fingerprint density at radius 3 is 2.34 bits per heavy atom. The van der Waals surface area contributed by atoms with Crippen molar-refractivity contribution in [1.29, 1.82) is 0 Å². The molecule has 4 rings (SSSR count). The summed E-state index contributed by atoms with van der Waals surface area (Å²) in [5.41, 5.74) is 1.67. The minimum atomic E-state index is -3.73. The smallest absolute Gasteiger partial charge is 0.242 e. The number of rotatable bonds is 8. The minimum Gasteiger partial charge on any atom is -0.493 e. The standard InChI is InChI=1S/C21H23N5O4S2/c1-25(2)32(27,28)18-13-17(30-4)16(29-3)11-15(18)12-19-22-23-21-26(19)24-20(31-21)10-14-8-6-5-7-9-14/h5-9,11,13H,10,12H2,1-4H3. The number of hydrogen-bond acceptors (Lipinski definition) is 8. The average molecular weight is 474 g/mol. The molecule has 168 valence electrons. The van der Waals surface area contributed by atoms with Gasteiger partial charge in [-0.1, -0.05) is 41.7 Å². The molecule has 0 bridgehead atoms. The van der Waals surface area contributed by atoms with E-state index >= 15 is 0 Å². The van der Waals surface area contributed by atoms with Gasteiger partial charge in [0, 0.05) is 33.0 Å². The summed E-state index contributed by atoms with van der Waals surface area (Å²) < 4.78 is 39.5. The van der Waals surface area contributed by atoms with Crippen LogP contribution in [0.4, 0.5) is 0 Å². The van der Waals surface area contributed by atoms with E-state index in [1.54, 1.807) is 10.6 Å². The SMILES string of the molecule is COc1cc(Cc2nnc3sc(Cc4ccccc4)nn23)c(S(=O)(=O)N(C)C)cc1OC. The molecule has 0 fully saturated rings. The zero-order chi connectivity index (χ0) is 22.9. The van der Waals surface area contributed by atoms with Crippen LogP contribution in [0.15, 0.2) is 47.4 Å². The molecule has 11 heteroatoms. The topological polar surface area (TPSA) is 98.9 Å². The molecule has 0 aliphatic carbocycles. The summed E-state index contributed by atoms with van der Waals surface area (Å²) in [5.74, 6) is 1.31. The lowest BCUT2D eigenvalue weighted by molar-refractivity contribution is 0.353. The van der Waals surface area contributed by atoms with Gasteiger partial charge in [-0.05, 0) is 17.2 Å². The number of aromatic nitrogens is 4. The molecule has 2 aromatic carbocycles. The zero-order valence-electron chi connectivity index (χ0n) is 18.1. The van der Waals surface area contributed by atoms with Gasteiger partial charge in [-0.2, -0.15) is 9.61 Å². The molecule has 0 unspecified atom stereocenters. The molecule has 9 nitrogen and oxygen atoms in total. The molecule has 0 aliphatic heterocycles. The van der Waals surface area contributed by atoms with E-state index in [2.05, 4.69) is 15.3 Å². The van der Waals surface area contributed by atoms with Crippen molar-refractivity contribution < 1.29 is 17.9 Å². The summed E-state index contributed by atoms with van der Waals surface area (Å²) in [7, 11) is 2.22. The molecule has 0 spiro atoms. The number of methoxy groups -OCH3 is 2. The molecular weight excluding hydrogens is 450 g/mol. The van der Waals surface area contributed by atoms with Gasteiger partial charge in [-0.15, -0.1) is 10.2 Å². The van der Waals surface area contributed by atoms with E-state index in [0.29, 0.717) is 34.3 Å². The van der Waals surface area contributed by atoms with Gasteiger partial charge in [0.25, 0.3) is 0 Å². The summed E-state index contributed by atoms with van der Waals surface area (Å²) in [6.07, 6.45) is 0.892. The predicted octanol–water partition coefficient (Wildman–Crippen LogP) is 2.63. The fourth-order valence-electron chi connectivity index (χ4n) is 3.30. The maximum atomic E-state index is 13.0. The molecular formula is C21H23N5O4S2. The Labute approximate surface area is 190 Å². The van der Waals surface area contributed by atoms with Gasteiger partial charge in [-0.3, -0.25) is 0 Å². The lowest BCUT2D eigenvalue weighted by Gasteiger charge is -2.17. The molecule has 4 aromatic rings. The summed E-state index contributed by atoms with van der Waals surface area (Å²) in [6.45, 7) is 0. The van der Waals surface area contributed by atoms with Crippen LogP contribution in [0, 0.1) is 0 Å². The van der Waals surface area contributed by atoms with E-state index in [1.165, 1.54) is 45.7 Å². The van der Waals surface area contributed by atoms with Crippen molar-refractivity contribution in [2.45, 2.75) is 17.7 Å². The van der Waals surface area contributed by atoms with Gasteiger partial charge in [-0.25, -0.2) is 12.7 Å². The Morgan fingerprint density at radius 1 is 1.00 bits per heavy atom. The van der Waals surface area contributed by atoms with E-state index in [1.807, 2.05) is 30.3 Å². The van der Waals surface area contributed by atoms with Crippen LogP contribution < -0.4 is 9.47 Å². The van der Waals surface area contributed by atoms with E-state index < -0.39 is 10.0 Å². The Kier molecular flexibility index (Phi) is 6.13. The van der Waals surface area contributed by atoms with E-state index in [0.717, 1.165) is 14.9 Å². The van der Waals surface area contributed by atoms with Gasteiger partial charge in [0.2, 0.25) is 15.0 Å². The Hall–Kier alpha value is -3.02. The fraction of sp³-hybridized carbons (Fsp3) is 0.286. The largest absolute Gasteiger partial charge is 0.493 e. The summed E-state index contributed by atoms with van der Waals surface area (Å²) >= 11 is 1.46. The maximum Gasteiger partial charge on any atom is 0.242 e. The minimum absolute atomic E-state index is 0.122. The third-order valence-electron chi connectivity index (χ3n) is 4.97. The molecule has 0 amide bonds. The van der Waals surface area contributed by atoms with Crippen LogP contribution in [0.2, 0.25) is 0 Å². The number of sulfonamides is 1. The van der Waals surface area contributed by atoms with Crippen LogP contribution in [-0.4, -0.2) is 60.8 Å². The first-order valence-electron chi connectivity index (χ1n) is 9.75. The quantitative estimate of drug-likeness (QED) is 0.388. The van der Waals surface area contributed by atoms with Crippen molar-refractivity contribution in [2.24, 2.45) is 0 Å². The summed E-state index contributed by atoms with van der Waals surface area (Å²) in [4.78, 5) is 0.778. The molecule has 0 aliphatic rings. The second kappa shape index (κ2) is 8.85. The monoisotopic (exact) mass is 473 g/mol. The first kappa shape index (κ1) is 22.2. The number of nitrogens with zero attached hydrogens (tertiary/aromatic N) is 5. The predicted molar refractivity (Wildman–Crippen MR) is 121 cm³/mol. The molecule has 0 saturated heterocycles. The van der Waals surface area contributed by atoms with E-state index in [-0.39, 0.29) is 11.3 Å². The first-order chi connectivity index (χ1) is 15.3. The summed E-state index contributed by atoms with van der Waals surface area (Å²) in [6, 6.07) is 13.2. The van der Waals surface area contributed by atoms with Crippen molar-refractivity contribution in [3.05, 3.63) is 64.4 Å². The van der Waals surface area contributed by atoms with Crippen molar-refractivity contribution in [3.8, 4) is 11.5 Å². The van der Waals surface area contributed by atoms with Crippen LogP contribution in [-0.2, 0) is 22.9 Å². The fourth-order valence-corrected chi connectivity index (χ4v) is 5.30. The van der Waals surface area contributed by atoms with Gasteiger partial charge in [0.1, 0.15) is 5.01 Å². The highest BCUT2D eigenvalue weighted by atomic mass is 32.2. The number of fused-ring (bicyclic) bond motifs is 1. The highest BCUT2D eigenvalue weighted by Gasteiger charge is 2.26. The second-order valence-corrected chi connectivity index (χ2v) is 10.4. The average Bonchev–Trinajstić information content (AvgIpc) is 3.34. The third-order valence-corrected chi connectivity index (χ3v) is 7.77. The van der Waals surface area contributed by atoms with Crippen molar-refractivity contribution in [3.63, 3.8) is 0 Å². The zero-order valence-corrected chi connectivity index (χ0v) is 19.8. The van der Waals surface area contributed by atoms with E-state index in [4.69, 9.17) is 9.47 Å². The van der Waals surface area contributed by atoms with Crippen LogP contribution in [0.5, 0.6) is 11.5 Å². The Bertz CT molecular complexity index is 1350. The van der Waals surface area contributed by atoms with Crippen LogP contribution in [0.1, 0.15) is 22.0 Å². The lowest BCUT2D eigenvalue weighted by Crippen LogP contribution is -2.23. The lowest BCUT2D eigenvalue weighted by atomic mass is 10.1. The maximum absolute atomic E-state index is 13.0. The number of hydrogen-bond donors (Lipinski definition) is 0. The van der Waals surface area contributed by atoms with Gasteiger partial charge in [0.15, 0.2) is 17.3 Å². The van der Waals surface area contributed by atoms with Gasteiger partial charge >= 0.3 is 0 Å². The molecule has 0 radical (unpaired) electrons. The Balaban J connectivity index is 1.75. The second-order valence-electron chi connectivity index (χ2n) is 7.25. The summed E-state index contributed by atoms with van der Waals surface area (Å²) in [5, 5.41) is 14.0. The van der Waals surface area contributed by atoms with Crippen molar-refractivity contribution in [2.75, 3.05) is 28.3 Å².